The fraction of sp³-hybridized carbons (Fsp3) is 0.300. The summed E-state index contributed by atoms with van der Waals surface area (Å²) in [4.78, 5) is 15.3. The zero-order chi connectivity index (χ0) is 27.1. The largest absolute Gasteiger partial charge is 0.383 e. The van der Waals surface area contributed by atoms with Crippen LogP contribution in [0.15, 0.2) is 66.7 Å². The molecular formula is C30H30FN5O2. The van der Waals surface area contributed by atoms with Gasteiger partial charge in [-0.15, -0.1) is 0 Å². The lowest BCUT2D eigenvalue weighted by Crippen LogP contribution is -2.43. The normalized spacial score (nSPS) is 17.3. The molecule has 1 amide bonds. The highest BCUT2D eigenvalue weighted by molar-refractivity contribution is 5.94. The summed E-state index contributed by atoms with van der Waals surface area (Å²) in [6.45, 7) is 2.45. The molecule has 0 saturated carbocycles. The summed E-state index contributed by atoms with van der Waals surface area (Å²) in [7, 11) is 3.70. The highest BCUT2D eigenvalue weighted by Gasteiger charge is 2.38. The highest BCUT2D eigenvalue weighted by atomic mass is 19.1. The second-order valence-corrected chi connectivity index (χ2v) is 9.39. The van der Waals surface area contributed by atoms with Gasteiger partial charge in [0, 0.05) is 57.4 Å². The molecule has 4 rings (SSSR count). The molecule has 3 aromatic carbocycles. The number of likely N-dealkylation sites (N-methyl/N-ethyl adjacent to an activating group) is 1. The van der Waals surface area contributed by atoms with Crippen molar-refractivity contribution in [1.82, 2.24) is 10.6 Å². The van der Waals surface area contributed by atoms with Crippen LogP contribution in [0.5, 0.6) is 0 Å². The van der Waals surface area contributed by atoms with E-state index in [0.29, 0.717) is 31.8 Å². The molecule has 38 heavy (non-hydrogen) atoms. The first-order valence-electron chi connectivity index (χ1n) is 12.5. The molecule has 2 N–H and O–H groups in total. The molecule has 1 aliphatic rings. The fourth-order valence-electron chi connectivity index (χ4n) is 5.09. The number of hydrogen-bond donors (Lipinski definition) is 2. The van der Waals surface area contributed by atoms with E-state index in [4.69, 9.17) is 10.00 Å². The Balaban J connectivity index is 1.71. The zero-order valence-corrected chi connectivity index (χ0v) is 21.4. The van der Waals surface area contributed by atoms with Gasteiger partial charge in [-0.25, -0.2) is 4.39 Å². The van der Waals surface area contributed by atoms with Crippen molar-refractivity contribution in [2.24, 2.45) is 5.92 Å². The van der Waals surface area contributed by atoms with E-state index in [0.717, 1.165) is 22.9 Å². The SMILES string of the molecule is COCCN(C)c1ccccc1C(c1ccc(C#N)cc1)C1CNC[C@@H]1NC(=O)c1ccc(C#N)cc1F. The number of rotatable bonds is 9. The summed E-state index contributed by atoms with van der Waals surface area (Å²) in [5.41, 5.74) is 3.80. The number of para-hydroxylation sites is 1. The highest BCUT2D eigenvalue weighted by Crippen LogP contribution is 2.40. The molecule has 0 aliphatic carbocycles. The van der Waals surface area contributed by atoms with Gasteiger partial charge in [0.2, 0.25) is 0 Å². The quantitative estimate of drug-likeness (QED) is 0.453. The second-order valence-electron chi connectivity index (χ2n) is 9.39. The van der Waals surface area contributed by atoms with Crippen LogP contribution in [-0.4, -0.2) is 52.3 Å². The zero-order valence-electron chi connectivity index (χ0n) is 21.4. The van der Waals surface area contributed by atoms with Crippen molar-refractivity contribution in [3.8, 4) is 12.1 Å². The van der Waals surface area contributed by atoms with Crippen LogP contribution in [0.25, 0.3) is 0 Å². The van der Waals surface area contributed by atoms with E-state index in [1.54, 1.807) is 7.11 Å². The summed E-state index contributed by atoms with van der Waals surface area (Å²) in [5.74, 6) is -1.41. The molecule has 1 heterocycles. The van der Waals surface area contributed by atoms with E-state index < -0.39 is 11.7 Å². The molecule has 7 nitrogen and oxygen atoms in total. The molecule has 194 valence electrons. The Kier molecular flexibility index (Phi) is 8.70. The minimum absolute atomic E-state index is 0.0506. The van der Waals surface area contributed by atoms with Crippen molar-refractivity contribution in [1.29, 1.82) is 10.5 Å². The lowest BCUT2D eigenvalue weighted by Gasteiger charge is -2.33. The Morgan fingerprint density at radius 3 is 2.50 bits per heavy atom. The average Bonchev–Trinajstić information content (AvgIpc) is 3.39. The standard InChI is InChI=1S/C30H30FN5O2/c1-36(13-14-38-2)28-6-4-3-5-24(28)29(22-10-7-20(16-32)8-11-22)25-18-34-19-27(25)35-30(37)23-12-9-21(17-33)15-26(23)31/h3-12,15,25,27,29,34H,13-14,18-19H2,1-2H3,(H,35,37)/t25?,27-,29?/m0/s1. The molecule has 1 aliphatic heterocycles. The van der Waals surface area contributed by atoms with Gasteiger partial charge in [-0.3, -0.25) is 4.79 Å². The number of methoxy groups -OCH3 is 1. The third kappa shape index (κ3) is 5.84. The van der Waals surface area contributed by atoms with Gasteiger partial charge in [-0.1, -0.05) is 30.3 Å². The van der Waals surface area contributed by atoms with Gasteiger partial charge >= 0.3 is 0 Å². The molecule has 2 unspecified atom stereocenters. The van der Waals surface area contributed by atoms with Crippen molar-refractivity contribution >= 4 is 11.6 Å². The number of nitriles is 2. The first-order valence-corrected chi connectivity index (χ1v) is 12.5. The first kappa shape index (κ1) is 26.8. The van der Waals surface area contributed by atoms with Crippen molar-refractivity contribution in [2.45, 2.75) is 12.0 Å². The van der Waals surface area contributed by atoms with Crippen LogP contribution in [0.1, 0.15) is 38.5 Å². The maximum absolute atomic E-state index is 14.6. The number of benzene rings is 3. The molecule has 8 heteroatoms. The minimum atomic E-state index is -0.724. The Labute approximate surface area is 222 Å². The van der Waals surface area contributed by atoms with Crippen LogP contribution >= 0.6 is 0 Å². The number of nitrogens with zero attached hydrogens (tertiary/aromatic N) is 3. The number of nitrogens with one attached hydrogen (secondary N) is 2. The molecular weight excluding hydrogens is 481 g/mol. The Bertz CT molecular complexity index is 1360. The van der Waals surface area contributed by atoms with Crippen LogP contribution in [0.3, 0.4) is 0 Å². The van der Waals surface area contributed by atoms with Crippen LogP contribution in [0.4, 0.5) is 10.1 Å². The summed E-state index contributed by atoms with van der Waals surface area (Å²) < 4.78 is 19.9. The molecule has 3 atom stereocenters. The third-order valence-corrected chi connectivity index (χ3v) is 7.06. The summed E-state index contributed by atoms with van der Waals surface area (Å²) in [5, 5.41) is 24.8. The number of carbonyl (C=O) groups excluding carboxylic acids is 1. The lowest BCUT2D eigenvalue weighted by atomic mass is 9.77. The minimum Gasteiger partial charge on any atom is -0.383 e. The van der Waals surface area contributed by atoms with Gasteiger partial charge in [0.05, 0.1) is 35.4 Å². The Morgan fingerprint density at radius 1 is 1.11 bits per heavy atom. The van der Waals surface area contributed by atoms with Crippen molar-refractivity contribution in [3.63, 3.8) is 0 Å². The molecule has 0 spiro atoms. The van der Waals surface area contributed by atoms with Gasteiger partial charge < -0.3 is 20.3 Å². The van der Waals surface area contributed by atoms with Crippen LogP contribution in [0.2, 0.25) is 0 Å². The van der Waals surface area contributed by atoms with E-state index >= 15 is 0 Å². The van der Waals surface area contributed by atoms with Crippen molar-refractivity contribution in [3.05, 3.63) is 100 Å². The monoisotopic (exact) mass is 511 g/mol. The number of carbonyl (C=O) groups is 1. The molecule has 1 fully saturated rings. The number of anilines is 1. The smallest absolute Gasteiger partial charge is 0.254 e. The van der Waals surface area contributed by atoms with E-state index in [1.807, 2.05) is 49.5 Å². The lowest BCUT2D eigenvalue weighted by molar-refractivity contribution is 0.0925. The second kappa shape index (κ2) is 12.3. The average molecular weight is 512 g/mol. The van der Waals surface area contributed by atoms with E-state index in [2.05, 4.69) is 33.7 Å². The number of ether oxygens (including phenoxy) is 1. The van der Waals surface area contributed by atoms with Crippen LogP contribution < -0.4 is 15.5 Å². The number of hydrogen-bond acceptors (Lipinski definition) is 6. The Morgan fingerprint density at radius 2 is 1.82 bits per heavy atom. The molecule has 0 radical (unpaired) electrons. The predicted molar refractivity (Wildman–Crippen MR) is 143 cm³/mol. The third-order valence-electron chi connectivity index (χ3n) is 7.06. The van der Waals surface area contributed by atoms with Crippen LogP contribution in [-0.2, 0) is 4.74 Å². The molecule has 0 bridgehead atoms. The summed E-state index contributed by atoms with van der Waals surface area (Å²) in [6, 6.07) is 23.4. The van der Waals surface area contributed by atoms with Crippen molar-refractivity contribution < 1.29 is 13.9 Å². The fourth-order valence-corrected chi connectivity index (χ4v) is 5.09. The van der Waals surface area contributed by atoms with Gasteiger partial charge in [0.1, 0.15) is 5.82 Å². The predicted octanol–water partition coefficient (Wildman–Crippen LogP) is 3.80. The van der Waals surface area contributed by atoms with E-state index in [9.17, 15) is 14.4 Å². The van der Waals surface area contributed by atoms with Gasteiger partial charge in [0.15, 0.2) is 0 Å². The molecule has 3 aromatic rings. The maximum Gasteiger partial charge on any atom is 0.254 e. The van der Waals surface area contributed by atoms with Gasteiger partial charge in [-0.2, -0.15) is 10.5 Å². The Hall–Kier alpha value is -4.24. The maximum atomic E-state index is 14.6. The first-order chi connectivity index (χ1) is 18.5. The van der Waals surface area contributed by atoms with E-state index in [-0.39, 0.29) is 29.0 Å². The molecule has 1 saturated heterocycles. The summed E-state index contributed by atoms with van der Waals surface area (Å²) >= 11 is 0. The number of halogens is 1. The number of amides is 1. The van der Waals surface area contributed by atoms with Gasteiger partial charge in [0.25, 0.3) is 5.91 Å². The van der Waals surface area contributed by atoms with Crippen molar-refractivity contribution in [2.75, 3.05) is 45.3 Å². The van der Waals surface area contributed by atoms with Gasteiger partial charge in [-0.05, 0) is 47.5 Å². The topological polar surface area (TPSA) is 101 Å². The molecule has 0 aromatic heterocycles. The van der Waals surface area contributed by atoms with Crippen LogP contribution in [0, 0.1) is 34.4 Å². The van der Waals surface area contributed by atoms with E-state index in [1.165, 1.54) is 12.1 Å². The summed E-state index contributed by atoms with van der Waals surface area (Å²) in [6.07, 6.45) is 0.